The summed E-state index contributed by atoms with van der Waals surface area (Å²) in [6.07, 6.45) is -0.0503. The van der Waals surface area contributed by atoms with Gasteiger partial charge in [-0.05, 0) is 77.5 Å². The molecule has 10 heteroatoms. The summed E-state index contributed by atoms with van der Waals surface area (Å²) in [4.78, 5) is 16.5. The second kappa shape index (κ2) is 12.3. The number of halogens is 3. The quantitative estimate of drug-likeness (QED) is 0.0621. The molecule has 0 amide bonds. The summed E-state index contributed by atoms with van der Waals surface area (Å²) in [5.41, 5.74) is -0.399. The van der Waals surface area contributed by atoms with E-state index in [9.17, 15) is 23.8 Å². The molecule has 0 aliphatic carbocycles. The molecular weight excluding hydrogens is 599 g/mol. The predicted molar refractivity (Wildman–Crippen MR) is 148 cm³/mol. The normalized spacial score (nSPS) is 13.9. The van der Waals surface area contributed by atoms with Gasteiger partial charge in [-0.2, -0.15) is 0 Å². The van der Waals surface area contributed by atoms with E-state index in [0.717, 1.165) is 12.3 Å². The van der Waals surface area contributed by atoms with Crippen LogP contribution in [0.1, 0.15) is 44.9 Å². The maximum Gasteiger partial charge on any atom is 0.343 e. The van der Waals surface area contributed by atoms with Crippen LogP contribution in [0.3, 0.4) is 0 Å². The fourth-order valence-electron chi connectivity index (χ4n) is 2.88. The Kier molecular flexibility index (Phi) is 10.2. The molecule has 196 valence electrons. The fourth-order valence-corrected chi connectivity index (χ4v) is 4.48. The molecule has 0 aromatic heterocycles. The Balaban J connectivity index is 2.31. The Morgan fingerprint density at radius 2 is 1.89 bits per heavy atom. The van der Waals surface area contributed by atoms with Gasteiger partial charge in [-0.15, -0.1) is 0 Å². The monoisotopic (exact) mass is 631 g/mol. The number of aliphatic imine (C=N–C) groups is 1. The molecule has 0 bridgehead atoms. The zero-order valence-corrected chi connectivity index (χ0v) is 24.4. The maximum atomic E-state index is 14.3. The minimum atomic E-state index is -2.08. The van der Waals surface area contributed by atoms with E-state index in [0.29, 0.717) is 14.9 Å². The minimum Gasteiger partial charge on any atom is -0.543 e. The third-order valence-electron chi connectivity index (χ3n) is 5.92. The van der Waals surface area contributed by atoms with Crippen LogP contribution >= 0.6 is 22.6 Å². The number of carbonyl (C=O) groups excluding carboxylic acids is 1. The first-order chi connectivity index (χ1) is 16.7. The van der Waals surface area contributed by atoms with Crippen molar-refractivity contribution in [2.75, 3.05) is 13.2 Å². The molecule has 1 atom stereocenters. The zero-order valence-electron chi connectivity index (χ0n) is 21.2. The van der Waals surface area contributed by atoms with E-state index < -0.39 is 48.9 Å². The molecule has 2 N–H and O–H groups in total. The van der Waals surface area contributed by atoms with Gasteiger partial charge in [0, 0.05) is 9.78 Å². The molecule has 2 rings (SSSR count). The van der Waals surface area contributed by atoms with E-state index in [1.54, 1.807) is 47.7 Å². The largest absolute Gasteiger partial charge is 0.543 e. The number of hydrogen-bond acceptors (Lipinski definition) is 6. The molecule has 0 saturated heterocycles. The maximum absolute atomic E-state index is 14.3. The van der Waals surface area contributed by atoms with Gasteiger partial charge in [-0.3, -0.25) is 4.99 Å². The van der Waals surface area contributed by atoms with Crippen LogP contribution in [0.4, 0.5) is 8.78 Å². The van der Waals surface area contributed by atoms with Crippen molar-refractivity contribution in [3.8, 4) is 5.75 Å². The molecule has 0 fully saturated rings. The summed E-state index contributed by atoms with van der Waals surface area (Å²) in [5.74, 6) is -3.60. The Bertz CT molecular complexity index is 1160. The van der Waals surface area contributed by atoms with Crippen molar-refractivity contribution in [2.24, 2.45) is 4.99 Å². The van der Waals surface area contributed by atoms with E-state index in [4.69, 9.17) is 9.16 Å². The Morgan fingerprint density at radius 3 is 2.50 bits per heavy atom. The highest BCUT2D eigenvalue weighted by atomic mass is 127. The predicted octanol–water partition coefficient (Wildman–Crippen LogP) is 6.59. The van der Waals surface area contributed by atoms with Crippen LogP contribution in [0.5, 0.6) is 5.75 Å². The van der Waals surface area contributed by atoms with Crippen molar-refractivity contribution < 1.29 is 33.0 Å². The highest BCUT2D eigenvalue weighted by Gasteiger charge is 2.39. The number of aliphatic hydroxyl groups excluding tert-OH is 2. The molecule has 2 aromatic rings. The van der Waals surface area contributed by atoms with Crippen molar-refractivity contribution in [3.05, 3.63) is 68.3 Å². The van der Waals surface area contributed by atoms with Crippen LogP contribution in [0, 0.1) is 15.2 Å². The van der Waals surface area contributed by atoms with Crippen LogP contribution in [0.25, 0.3) is 5.76 Å². The first kappa shape index (κ1) is 29.9. The molecule has 6 nitrogen and oxygen atoms in total. The van der Waals surface area contributed by atoms with Crippen molar-refractivity contribution >= 4 is 48.9 Å². The molecule has 0 saturated carbocycles. The van der Waals surface area contributed by atoms with Crippen molar-refractivity contribution in [1.29, 1.82) is 0 Å². The third-order valence-corrected chi connectivity index (χ3v) is 10.9. The summed E-state index contributed by atoms with van der Waals surface area (Å²) in [7, 11) is -2.08. The molecule has 0 aliphatic heterocycles. The van der Waals surface area contributed by atoms with E-state index in [-0.39, 0.29) is 18.2 Å². The van der Waals surface area contributed by atoms with Gasteiger partial charge in [-0.25, -0.2) is 13.6 Å². The second-order valence-electron chi connectivity index (χ2n) is 9.68. The molecule has 0 aliphatic rings. The molecular formula is C26H32F2INO5Si. The Morgan fingerprint density at radius 1 is 1.22 bits per heavy atom. The van der Waals surface area contributed by atoms with Gasteiger partial charge < -0.3 is 19.4 Å². The number of esters is 1. The molecule has 0 spiro atoms. The summed E-state index contributed by atoms with van der Waals surface area (Å²) >= 11 is 1.77. The first-order valence-corrected chi connectivity index (χ1v) is 15.4. The van der Waals surface area contributed by atoms with Gasteiger partial charge in [0.2, 0.25) is 8.32 Å². The number of aliphatic hydroxyl groups is 2. The van der Waals surface area contributed by atoms with Crippen LogP contribution in [0.2, 0.25) is 18.1 Å². The molecule has 0 heterocycles. The second-order valence-corrected chi connectivity index (χ2v) is 15.6. The SMILES string of the molecule is CCOC(=O)C(C=NCC(O)c1cccc(O[Si](C)(C)C(C)(C)C)c1)=C(O)c1cc(I)cc(F)c1F. The van der Waals surface area contributed by atoms with Crippen molar-refractivity contribution in [3.63, 3.8) is 0 Å². The number of ether oxygens (including phenoxy) is 1. The summed E-state index contributed by atoms with van der Waals surface area (Å²) < 4.78 is 39.7. The topological polar surface area (TPSA) is 88.4 Å². The summed E-state index contributed by atoms with van der Waals surface area (Å²) in [6.45, 7) is 12.0. The summed E-state index contributed by atoms with van der Waals surface area (Å²) in [6, 6.07) is 9.23. The number of nitrogens with zero attached hydrogens (tertiary/aromatic N) is 1. The number of rotatable bonds is 9. The highest BCUT2D eigenvalue weighted by Crippen LogP contribution is 2.37. The average molecular weight is 632 g/mol. The van der Waals surface area contributed by atoms with Gasteiger partial charge in [0.25, 0.3) is 0 Å². The fraction of sp³-hybridized carbons (Fsp3) is 0.385. The Labute approximate surface area is 225 Å². The molecule has 0 radical (unpaired) electrons. The lowest BCUT2D eigenvalue weighted by Crippen LogP contribution is -2.43. The van der Waals surface area contributed by atoms with Gasteiger partial charge in [-0.1, -0.05) is 32.9 Å². The third kappa shape index (κ3) is 7.59. The number of carbonyl (C=O) groups is 1. The Hall–Kier alpha value is -2.31. The highest BCUT2D eigenvalue weighted by molar-refractivity contribution is 14.1. The molecule has 36 heavy (non-hydrogen) atoms. The van der Waals surface area contributed by atoms with Crippen molar-refractivity contribution in [1.82, 2.24) is 0 Å². The van der Waals surface area contributed by atoms with Crippen LogP contribution in [-0.2, 0) is 9.53 Å². The summed E-state index contributed by atoms with van der Waals surface area (Å²) in [5, 5.41) is 21.3. The van der Waals surface area contributed by atoms with Crippen LogP contribution in [0.15, 0.2) is 47.0 Å². The van der Waals surface area contributed by atoms with Crippen LogP contribution in [-0.4, -0.2) is 43.9 Å². The minimum absolute atomic E-state index is 0.00294. The molecule has 1 unspecified atom stereocenters. The lowest BCUT2D eigenvalue weighted by atomic mass is 10.1. The number of hydrogen-bond donors (Lipinski definition) is 2. The lowest BCUT2D eigenvalue weighted by Gasteiger charge is -2.36. The van der Waals surface area contributed by atoms with Gasteiger partial charge in [0.05, 0.1) is 24.8 Å². The van der Waals surface area contributed by atoms with Crippen LogP contribution < -0.4 is 4.43 Å². The van der Waals surface area contributed by atoms with Gasteiger partial charge >= 0.3 is 5.97 Å². The zero-order chi connectivity index (χ0) is 27.3. The molecule has 2 aromatic carbocycles. The lowest BCUT2D eigenvalue weighted by molar-refractivity contribution is -0.137. The van der Waals surface area contributed by atoms with E-state index >= 15 is 0 Å². The van der Waals surface area contributed by atoms with Crippen molar-refractivity contribution in [2.45, 2.75) is 51.9 Å². The number of benzene rings is 2. The van der Waals surface area contributed by atoms with E-state index in [1.807, 2.05) is 6.07 Å². The van der Waals surface area contributed by atoms with Gasteiger partial charge in [0.15, 0.2) is 11.6 Å². The average Bonchev–Trinajstić information content (AvgIpc) is 2.77. The van der Waals surface area contributed by atoms with E-state index in [2.05, 4.69) is 38.9 Å². The standard InChI is InChI=1S/C26H32F2INO5Si/c1-7-34-25(33)20(24(32)19-12-17(29)13-21(27)23(19)28)14-30-15-22(31)16-9-8-10-18(11-16)35-36(5,6)26(2,3)4/h8-14,22,31-32H,7,15H2,1-6H3. The van der Waals surface area contributed by atoms with E-state index in [1.165, 1.54) is 6.07 Å². The smallest absolute Gasteiger partial charge is 0.343 e. The van der Waals surface area contributed by atoms with Gasteiger partial charge in [0.1, 0.15) is 17.1 Å². The first-order valence-electron chi connectivity index (χ1n) is 11.4.